The minimum absolute atomic E-state index is 0.466. The number of benzene rings is 2. The van der Waals surface area contributed by atoms with Crippen LogP contribution in [0, 0.1) is 0 Å². The Balaban J connectivity index is 1.81. The highest BCUT2D eigenvalue weighted by atomic mass is 16.3. The van der Waals surface area contributed by atoms with Crippen LogP contribution >= 0.6 is 0 Å². The Morgan fingerprint density at radius 3 is 2.47 bits per heavy atom. The molecule has 1 N–H and O–H groups in total. The fourth-order valence-corrected chi connectivity index (χ4v) is 2.39. The van der Waals surface area contributed by atoms with Crippen molar-refractivity contribution in [1.82, 2.24) is 4.90 Å². The first-order chi connectivity index (χ1) is 8.34. The van der Waals surface area contributed by atoms with Crippen LogP contribution in [-0.2, 0) is 13.1 Å². The van der Waals surface area contributed by atoms with Gasteiger partial charge < -0.3 is 5.11 Å². The molecule has 3 rings (SSSR count). The third kappa shape index (κ3) is 1.97. The third-order valence-corrected chi connectivity index (χ3v) is 3.28. The number of rotatable bonds is 2. The summed E-state index contributed by atoms with van der Waals surface area (Å²) in [6.07, 6.45) is -0.466. The molecule has 1 aliphatic heterocycles. The van der Waals surface area contributed by atoms with Gasteiger partial charge in [-0.1, -0.05) is 54.6 Å². The first-order valence-corrected chi connectivity index (χ1v) is 5.88. The zero-order valence-electron chi connectivity index (χ0n) is 9.58. The van der Waals surface area contributed by atoms with Gasteiger partial charge in [-0.15, -0.1) is 0 Å². The van der Waals surface area contributed by atoms with Crippen LogP contribution in [-0.4, -0.2) is 10.0 Å². The summed E-state index contributed by atoms with van der Waals surface area (Å²) in [6, 6.07) is 18.4. The number of aliphatic hydroxyl groups excluding tert-OH is 1. The summed E-state index contributed by atoms with van der Waals surface area (Å²) in [5.74, 6) is 0. The average Bonchev–Trinajstić information content (AvgIpc) is 2.68. The Morgan fingerprint density at radius 1 is 1.00 bits per heavy atom. The molecule has 1 atom stereocenters. The topological polar surface area (TPSA) is 23.5 Å². The normalized spacial score (nSPS) is 19.2. The molecule has 2 aromatic rings. The second kappa shape index (κ2) is 4.32. The summed E-state index contributed by atoms with van der Waals surface area (Å²) < 4.78 is 0. The van der Waals surface area contributed by atoms with Crippen LogP contribution in [0.3, 0.4) is 0 Å². The maximum absolute atomic E-state index is 10.2. The predicted molar refractivity (Wildman–Crippen MR) is 67.1 cm³/mol. The molecule has 0 bridgehead atoms. The van der Waals surface area contributed by atoms with Gasteiger partial charge in [-0.3, -0.25) is 4.90 Å². The van der Waals surface area contributed by atoms with Crippen molar-refractivity contribution in [3.05, 3.63) is 71.3 Å². The lowest BCUT2D eigenvalue weighted by molar-refractivity contribution is 0.00769. The van der Waals surface area contributed by atoms with Crippen molar-refractivity contribution in [3.8, 4) is 0 Å². The Bertz CT molecular complexity index is 509. The quantitative estimate of drug-likeness (QED) is 0.849. The summed E-state index contributed by atoms with van der Waals surface area (Å²) >= 11 is 0. The summed E-state index contributed by atoms with van der Waals surface area (Å²) in [4.78, 5) is 2.08. The first-order valence-electron chi connectivity index (χ1n) is 5.88. The lowest BCUT2D eigenvalue weighted by atomic mass is 10.1. The second-order valence-corrected chi connectivity index (χ2v) is 4.46. The molecule has 2 aromatic carbocycles. The van der Waals surface area contributed by atoms with E-state index < -0.39 is 6.23 Å². The molecule has 2 heteroatoms. The summed E-state index contributed by atoms with van der Waals surface area (Å²) in [5, 5.41) is 10.2. The van der Waals surface area contributed by atoms with Crippen LogP contribution in [0.25, 0.3) is 0 Å². The van der Waals surface area contributed by atoms with Gasteiger partial charge >= 0.3 is 0 Å². The zero-order valence-corrected chi connectivity index (χ0v) is 9.58. The van der Waals surface area contributed by atoms with Gasteiger partial charge in [0, 0.05) is 13.1 Å². The smallest absolute Gasteiger partial charge is 0.134 e. The van der Waals surface area contributed by atoms with E-state index in [1.54, 1.807) is 0 Å². The minimum atomic E-state index is -0.466. The van der Waals surface area contributed by atoms with Gasteiger partial charge in [0.2, 0.25) is 0 Å². The van der Waals surface area contributed by atoms with Gasteiger partial charge in [0.05, 0.1) is 0 Å². The van der Waals surface area contributed by atoms with E-state index in [0.717, 1.165) is 18.7 Å². The number of aliphatic hydroxyl groups is 1. The monoisotopic (exact) mass is 225 g/mol. The molecular weight excluding hydrogens is 210 g/mol. The fraction of sp³-hybridized carbons (Fsp3) is 0.200. The van der Waals surface area contributed by atoms with E-state index in [1.807, 2.05) is 36.4 Å². The fourth-order valence-electron chi connectivity index (χ4n) is 2.39. The molecule has 0 fully saturated rings. The standard InChI is InChI=1S/C15H15NO/c17-15-14-9-5-4-8-13(14)11-16(15)10-12-6-2-1-3-7-12/h1-9,15,17H,10-11H2. The van der Waals surface area contributed by atoms with E-state index in [2.05, 4.69) is 23.1 Å². The molecular formula is C15H15NO. The van der Waals surface area contributed by atoms with Gasteiger partial charge in [0.1, 0.15) is 6.23 Å². The molecule has 0 aliphatic carbocycles. The molecule has 0 aromatic heterocycles. The van der Waals surface area contributed by atoms with Gasteiger partial charge in [-0.2, -0.15) is 0 Å². The maximum atomic E-state index is 10.2. The van der Waals surface area contributed by atoms with Gasteiger partial charge in [-0.05, 0) is 16.7 Å². The molecule has 2 nitrogen and oxygen atoms in total. The summed E-state index contributed by atoms with van der Waals surface area (Å²) in [5.41, 5.74) is 3.51. The number of nitrogens with zero attached hydrogens (tertiary/aromatic N) is 1. The lowest BCUT2D eigenvalue weighted by Gasteiger charge is -2.20. The van der Waals surface area contributed by atoms with Crippen molar-refractivity contribution in [3.63, 3.8) is 0 Å². The van der Waals surface area contributed by atoms with Gasteiger partial charge in [0.15, 0.2) is 0 Å². The number of hydrogen-bond donors (Lipinski definition) is 1. The van der Waals surface area contributed by atoms with Crippen molar-refractivity contribution in [2.75, 3.05) is 0 Å². The molecule has 0 amide bonds. The SMILES string of the molecule is OC1c2ccccc2CN1Cc1ccccc1. The Labute approximate surface area is 101 Å². The highest BCUT2D eigenvalue weighted by Gasteiger charge is 2.27. The molecule has 1 unspecified atom stereocenters. The summed E-state index contributed by atoms with van der Waals surface area (Å²) in [7, 11) is 0. The van der Waals surface area contributed by atoms with Crippen LogP contribution in [0.5, 0.6) is 0 Å². The summed E-state index contributed by atoms with van der Waals surface area (Å²) in [6.45, 7) is 1.61. The molecule has 17 heavy (non-hydrogen) atoms. The average molecular weight is 225 g/mol. The van der Waals surface area contributed by atoms with Crippen molar-refractivity contribution < 1.29 is 5.11 Å². The Morgan fingerprint density at radius 2 is 1.71 bits per heavy atom. The zero-order chi connectivity index (χ0) is 11.7. The van der Waals surface area contributed by atoms with Crippen molar-refractivity contribution in [2.45, 2.75) is 19.3 Å². The van der Waals surface area contributed by atoms with Crippen LogP contribution < -0.4 is 0 Å². The van der Waals surface area contributed by atoms with Crippen LogP contribution in [0.15, 0.2) is 54.6 Å². The molecule has 86 valence electrons. The Hall–Kier alpha value is -1.64. The molecule has 0 radical (unpaired) electrons. The van der Waals surface area contributed by atoms with Crippen LogP contribution in [0.1, 0.15) is 22.9 Å². The van der Waals surface area contributed by atoms with E-state index >= 15 is 0 Å². The molecule has 0 saturated carbocycles. The van der Waals surface area contributed by atoms with E-state index in [4.69, 9.17) is 0 Å². The molecule has 1 heterocycles. The van der Waals surface area contributed by atoms with E-state index in [9.17, 15) is 5.11 Å². The van der Waals surface area contributed by atoms with Crippen LogP contribution in [0.4, 0.5) is 0 Å². The van der Waals surface area contributed by atoms with E-state index in [-0.39, 0.29) is 0 Å². The van der Waals surface area contributed by atoms with Gasteiger partial charge in [0.25, 0.3) is 0 Å². The molecule has 0 saturated heterocycles. The van der Waals surface area contributed by atoms with E-state index in [1.165, 1.54) is 11.1 Å². The molecule has 0 spiro atoms. The lowest BCUT2D eigenvalue weighted by Crippen LogP contribution is -2.21. The highest BCUT2D eigenvalue weighted by Crippen LogP contribution is 2.32. The number of hydrogen-bond acceptors (Lipinski definition) is 2. The van der Waals surface area contributed by atoms with Crippen molar-refractivity contribution >= 4 is 0 Å². The maximum Gasteiger partial charge on any atom is 0.134 e. The number of fused-ring (bicyclic) bond motifs is 1. The highest BCUT2D eigenvalue weighted by molar-refractivity contribution is 5.32. The van der Waals surface area contributed by atoms with Gasteiger partial charge in [-0.25, -0.2) is 0 Å². The van der Waals surface area contributed by atoms with Crippen molar-refractivity contribution in [2.24, 2.45) is 0 Å². The molecule has 1 aliphatic rings. The minimum Gasteiger partial charge on any atom is -0.374 e. The van der Waals surface area contributed by atoms with Crippen LogP contribution in [0.2, 0.25) is 0 Å². The largest absolute Gasteiger partial charge is 0.374 e. The van der Waals surface area contributed by atoms with Crippen molar-refractivity contribution in [1.29, 1.82) is 0 Å². The predicted octanol–water partition coefficient (Wildman–Crippen LogP) is 2.69. The Kier molecular flexibility index (Phi) is 2.67. The van der Waals surface area contributed by atoms with E-state index in [0.29, 0.717) is 0 Å². The third-order valence-electron chi connectivity index (χ3n) is 3.28. The first kappa shape index (κ1) is 10.5. The second-order valence-electron chi connectivity index (χ2n) is 4.46.